The Kier molecular flexibility index (Phi) is 5.57. The van der Waals surface area contributed by atoms with Crippen LogP contribution in [0.5, 0.6) is 0 Å². The van der Waals surface area contributed by atoms with Gasteiger partial charge in [0.2, 0.25) is 0 Å². The average molecular weight is 307 g/mol. The van der Waals surface area contributed by atoms with Crippen LogP contribution in [0.1, 0.15) is 37.2 Å². The molecule has 1 atom stereocenters. The van der Waals surface area contributed by atoms with Crippen LogP contribution in [-0.4, -0.2) is 15.4 Å². The highest BCUT2D eigenvalue weighted by atomic mass is 32.2. The minimum Gasteiger partial charge on any atom is -0.327 e. The number of hydrogen-bond acceptors (Lipinski definition) is 5. The van der Waals surface area contributed by atoms with E-state index in [9.17, 15) is 0 Å². The highest BCUT2D eigenvalue weighted by Gasteiger charge is 2.08. The van der Waals surface area contributed by atoms with Gasteiger partial charge in [0.05, 0.1) is 0 Å². The fraction of sp³-hybridized carbons (Fsp3) is 0.467. The lowest BCUT2D eigenvalue weighted by Crippen LogP contribution is -2.21. The van der Waals surface area contributed by atoms with Crippen LogP contribution in [0.2, 0.25) is 0 Å². The first-order valence-electron chi connectivity index (χ1n) is 6.97. The third-order valence-corrected chi connectivity index (χ3v) is 5.07. The van der Waals surface area contributed by atoms with Crippen LogP contribution in [0, 0.1) is 6.92 Å². The molecule has 1 heterocycles. The molecule has 2 aromatic rings. The Morgan fingerprint density at radius 2 is 2.15 bits per heavy atom. The highest BCUT2D eigenvalue weighted by Crippen LogP contribution is 2.30. The first-order valence-corrected chi connectivity index (χ1v) is 8.56. The number of aryl methyl sites for hydroxylation is 2. The smallest absolute Gasteiger partial charge is 0.174 e. The molecule has 2 rings (SSSR count). The van der Waals surface area contributed by atoms with Gasteiger partial charge in [-0.2, -0.15) is 4.37 Å². The van der Waals surface area contributed by atoms with E-state index in [1.165, 1.54) is 27.6 Å². The van der Waals surface area contributed by atoms with Crippen molar-refractivity contribution in [2.24, 2.45) is 5.73 Å². The zero-order chi connectivity index (χ0) is 14.5. The van der Waals surface area contributed by atoms with Gasteiger partial charge in [0.25, 0.3) is 0 Å². The summed E-state index contributed by atoms with van der Waals surface area (Å²) in [6.07, 6.45) is 2.86. The lowest BCUT2D eigenvalue weighted by Gasteiger charge is -2.12. The van der Waals surface area contributed by atoms with Crippen molar-refractivity contribution >= 4 is 23.3 Å². The van der Waals surface area contributed by atoms with Gasteiger partial charge in [0.15, 0.2) is 4.34 Å². The maximum atomic E-state index is 6.03. The molecule has 0 fully saturated rings. The summed E-state index contributed by atoms with van der Waals surface area (Å²) in [6.45, 7) is 6.36. The summed E-state index contributed by atoms with van der Waals surface area (Å²) in [7, 11) is 0. The molecule has 1 aromatic carbocycles. The van der Waals surface area contributed by atoms with Crippen LogP contribution in [0.25, 0.3) is 0 Å². The van der Waals surface area contributed by atoms with Gasteiger partial charge >= 0.3 is 0 Å². The van der Waals surface area contributed by atoms with E-state index < -0.39 is 0 Å². The third kappa shape index (κ3) is 4.04. The molecule has 0 bridgehead atoms. The maximum absolute atomic E-state index is 6.03. The minimum atomic E-state index is 0.252. The molecule has 0 saturated heterocycles. The molecule has 0 aliphatic carbocycles. The van der Waals surface area contributed by atoms with E-state index in [1.54, 1.807) is 11.8 Å². The van der Waals surface area contributed by atoms with E-state index in [0.717, 1.165) is 29.4 Å². The molecule has 0 saturated carbocycles. The summed E-state index contributed by atoms with van der Waals surface area (Å²) in [6, 6.07) is 6.81. The molecule has 1 aromatic heterocycles. The first-order chi connectivity index (χ1) is 9.62. The van der Waals surface area contributed by atoms with E-state index in [0.29, 0.717) is 0 Å². The number of nitrogens with two attached hydrogens (primary N) is 1. The van der Waals surface area contributed by atoms with E-state index in [4.69, 9.17) is 5.73 Å². The molecular weight excluding hydrogens is 286 g/mol. The third-order valence-electron chi connectivity index (χ3n) is 3.29. The summed E-state index contributed by atoms with van der Waals surface area (Å²) < 4.78 is 5.33. The number of hydrogen-bond donors (Lipinski definition) is 1. The lowest BCUT2D eigenvalue weighted by molar-refractivity contribution is 0.644. The molecule has 2 N–H and O–H groups in total. The Morgan fingerprint density at radius 3 is 2.75 bits per heavy atom. The van der Waals surface area contributed by atoms with Crippen LogP contribution in [0.15, 0.2) is 27.4 Å². The summed E-state index contributed by atoms with van der Waals surface area (Å²) in [5.41, 5.74) is 8.68. The van der Waals surface area contributed by atoms with E-state index in [1.807, 2.05) is 0 Å². The minimum absolute atomic E-state index is 0.252. The van der Waals surface area contributed by atoms with E-state index >= 15 is 0 Å². The van der Waals surface area contributed by atoms with Crippen LogP contribution in [-0.2, 0) is 12.8 Å². The molecule has 0 aliphatic rings. The van der Waals surface area contributed by atoms with Crippen molar-refractivity contribution in [1.29, 1.82) is 0 Å². The van der Waals surface area contributed by atoms with E-state index in [2.05, 4.69) is 48.3 Å². The molecule has 1 unspecified atom stereocenters. The molecule has 3 nitrogen and oxygen atoms in total. The Labute approximate surface area is 129 Å². The molecule has 0 radical (unpaired) electrons. The molecule has 0 spiro atoms. The summed E-state index contributed by atoms with van der Waals surface area (Å²) in [5, 5.41) is 0. The van der Waals surface area contributed by atoms with Crippen molar-refractivity contribution in [3.05, 3.63) is 35.2 Å². The largest absolute Gasteiger partial charge is 0.327 e. The van der Waals surface area contributed by atoms with Crippen molar-refractivity contribution in [2.45, 2.75) is 55.3 Å². The lowest BCUT2D eigenvalue weighted by atomic mass is 10.0. The number of benzene rings is 1. The zero-order valence-corrected chi connectivity index (χ0v) is 13.9. The van der Waals surface area contributed by atoms with Gasteiger partial charge < -0.3 is 5.73 Å². The summed E-state index contributed by atoms with van der Waals surface area (Å²) in [4.78, 5) is 5.71. The van der Waals surface area contributed by atoms with Crippen molar-refractivity contribution in [1.82, 2.24) is 9.36 Å². The van der Waals surface area contributed by atoms with Crippen molar-refractivity contribution < 1.29 is 0 Å². The van der Waals surface area contributed by atoms with Crippen LogP contribution in [0.3, 0.4) is 0 Å². The summed E-state index contributed by atoms with van der Waals surface area (Å²) in [5.74, 6) is 0.930. The van der Waals surface area contributed by atoms with Gasteiger partial charge in [0.1, 0.15) is 5.82 Å². The fourth-order valence-corrected chi connectivity index (χ4v) is 3.69. The second kappa shape index (κ2) is 7.20. The predicted molar refractivity (Wildman–Crippen MR) is 86.6 cm³/mol. The van der Waals surface area contributed by atoms with Gasteiger partial charge in [-0.25, -0.2) is 4.98 Å². The number of rotatable bonds is 6. The van der Waals surface area contributed by atoms with Crippen molar-refractivity contribution in [3.8, 4) is 0 Å². The Hall–Kier alpha value is -0.910. The molecule has 20 heavy (non-hydrogen) atoms. The summed E-state index contributed by atoms with van der Waals surface area (Å²) >= 11 is 3.16. The average Bonchev–Trinajstić information content (AvgIpc) is 2.89. The van der Waals surface area contributed by atoms with Gasteiger partial charge in [-0.15, -0.1) is 0 Å². The topological polar surface area (TPSA) is 51.8 Å². The SMILES string of the molecule is CCc1nsc(Sc2ccc(CC(N)CC)c(C)c2)n1. The zero-order valence-electron chi connectivity index (χ0n) is 12.2. The maximum Gasteiger partial charge on any atom is 0.174 e. The Balaban J connectivity index is 2.08. The number of nitrogens with zero attached hydrogens (tertiary/aromatic N) is 2. The molecule has 5 heteroatoms. The predicted octanol–water partition coefficient (Wildman–Crippen LogP) is 3.84. The second-order valence-electron chi connectivity index (χ2n) is 4.89. The van der Waals surface area contributed by atoms with Crippen LogP contribution >= 0.6 is 23.3 Å². The van der Waals surface area contributed by atoms with Gasteiger partial charge in [-0.1, -0.05) is 31.7 Å². The van der Waals surface area contributed by atoms with Gasteiger partial charge in [0, 0.05) is 17.4 Å². The van der Waals surface area contributed by atoms with Gasteiger partial charge in [-0.05, 0) is 54.6 Å². The molecule has 0 amide bonds. The standard InChI is InChI=1S/C15H21N3S2/c1-4-12(16)9-11-6-7-13(8-10(11)3)19-15-17-14(5-2)18-20-15/h6-8,12H,4-5,9,16H2,1-3H3. The Bertz CT molecular complexity index is 566. The number of aromatic nitrogens is 2. The monoisotopic (exact) mass is 307 g/mol. The van der Waals surface area contributed by atoms with Crippen molar-refractivity contribution in [2.75, 3.05) is 0 Å². The Morgan fingerprint density at radius 1 is 1.35 bits per heavy atom. The molecule has 0 aliphatic heterocycles. The second-order valence-corrected chi connectivity index (χ2v) is 6.97. The van der Waals surface area contributed by atoms with Crippen LogP contribution < -0.4 is 5.73 Å². The molecular formula is C15H21N3S2. The van der Waals surface area contributed by atoms with E-state index in [-0.39, 0.29) is 6.04 Å². The van der Waals surface area contributed by atoms with Gasteiger partial charge in [-0.3, -0.25) is 0 Å². The highest BCUT2D eigenvalue weighted by molar-refractivity contribution is 8.01. The normalized spacial score (nSPS) is 12.6. The van der Waals surface area contributed by atoms with Crippen molar-refractivity contribution in [3.63, 3.8) is 0 Å². The molecule has 108 valence electrons. The fourth-order valence-electron chi connectivity index (χ4n) is 1.91. The quantitative estimate of drug-likeness (QED) is 0.881. The van der Waals surface area contributed by atoms with Crippen LogP contribution in [0.4, 0.5) is 0 Å². The first kappa shape index (κ1) is 15.5.